The molecular formula is C9H7F3. The molecule has 0 radical (unpaired) electrons. The van der Waals surface area contributed by atoms with Gasteiger partial charge in [0.05, 0.1) is 5.92 Å². The number of benzene rings is 1. The molecule has 1 fully saturated rings. The third-order valence-corrected chi connectivity index (χ3v) is 2.10. The maximum absolute atomic E-state index is 12.5. The smallest absolute Gasteiger partial charge is 0.207 e. The zero-order valence-electron chi connectivity index (χ0n) is 6.23. The van der Waals surface area contributed by atoms with Crippen molar-refractivity contribution in [1.29, 1.82) is 0 Å². The van der Waals surface area contributed by atoms with Crippen LogP contribution in [0.3, 0.4) is 0 Å². The van der Waals surface area contributed by atoms with E-state index in [0.717, 1.165) is 0 Å². The Hall–Kier alpha value is -0.990. The molecule has 1 unspecified atom stereocenters. The third kappa shape index (κ3) is 1.19. The van der Waals surface area contributed by atoms with Gasteiger partial charge < -0.3 is 0 Å². The molecule has 0 heterocycles. The van der Waals surface area contributed by atoms with Gasteiger partial charge in [-0.3, -0.25) is 0 Å². The van der Waals surface area contributed by atoms with Crippen molar-refractivity contribution in [3.8, 4) is 0 Å². The van der Waals surface area contributed by atoms with E-state index in [1.54, 1.807) is 0 Å². The van der Waals surface area contributed by atoms with Gasteiger partial charge in [-0.2, -0.15) is 0 Å². The molecule has 1 aromatic rings. The Labute approximate surface area is 68.0 Å². The number of rotatable bonds is 1. The molecule has 1 aliphatic carbocycles. The van der Waals surface area contributed by atoms with Crippen LogP contribution >= 0.6 is 0 Å². The van der Waals surface area contributed by atoms with Crippen molar-refractivity contribution in [2.24, 2.45) is 0 Å². The quantitative estimate of drug-likeness (QED) is 0.610. The third-order valence-electron chi connectivity index (χ3n) is 2.10. The van der Waals surface area contributed by atoms with Crippen LogP contribution in [-0.2, 0) is 0 Å². The summed E-state index contributed by atoms with van der Waals surface area (Å²) in [7, 11) is 0. The van der Waals surface area contributed by atoms with E-state index in [1.165, 1.54) is 24.3 Å². The Kier molecular flexibility index (Phi) is 1.43. The highest BCUT2D eigenvalue weighted by atomic mass is 19.3. The Balaban J connectivity index is 2.21. The van der Waals surface area contributed by atoms with Crippen LogP contribution in [0.1, 0.15) is 17.9 Å². The molecule has 0 nitrogen and oxygen atoms in total. The maximum atomic E-state index is 12.5. The number of halogens is 3. The molecule has 12 heavy (non-hydrogen) atoms. The largest absolute Gasteiger partial charge is 0.255 e. The molecule has 1 aromatic carbocycles. The fourth-order valence-electron chi connectivity index (χ4n) is 1.27. The first-order valence-electron chi connectivity index (χ1n) is 3.73. The van der Waals surface area contributed by atoms with Crippen molar-refractivity contribution in [3.05, 3.63) is 35.6 Å². The van der Waals surface area contributed by atoms with Gasteiger partial charge in [-0.25, -0.2) is 13.2 Å². The summed E-state index contributed by atoms with van der Waals surface area (Å²) in [6.45, 7) is 0. The lowest BCUT2D eigenvalue weighted by atomic mass is 10.1. The fraction of sp³-hybridized carbons (Fsp3) is 0.333. The summed E-state index contributed by atoms with van der Waals surface area (Å²) in [6, 6.07) is 5.26. The molecule has 0 aromatic heterocycles. The molecule has 0 N–H and O–H groups in total. The topological polar surface area (TPSA) is 0 Å². The van der Waals surface area contributed by atoms with Crippen molar-refractivity contribution >= 4 is 0 Å². The van der Waals surface area contributed by atoms with Gasteiger partial charge in [0.15, 0.2) is 0 Å². The molecule has 3 heteroatoms. The predicted octanol–water partition coefficient (Wildman–Crippen LogP) is 2.95. The van der Waals surface area contributed by atoms with Crippen molar-refractivity contribution in [3.63, 3.8) is 0 Å². The fourth-order valence-corrected chi connectivity index (χ4v) is 1.27. The summed E-state index contributed by atoms with van der Waals surface area (Å²) >= 11 is 0. The van der Waals surface area contributed by atoms with E-state index in [2.05, 4.69) is 0 Å². The Bertz CT molecular complexity index is 289. The van der Waals surface area contributed by atoms with E-state index in [1.807, 2.05) is 0 Å². The van der Waals surface area contributed by atoms with E-state index in [-0.39, 0.29) is 12.2 Å². The summed E-state index contributed by atoms with van der Waals surface area (Å²) in [5.74, 6) is -3.63. The minimum absolute atomic E-state index is 0.0986. The molecule has 64 valence electrons. The summed E-state index contributed by atoms with van der Waals surface area (Å²) in [5.41, 5.74) is 0.529. The highest BCUT2D eigenvalue weighted by Gasteiger charge is 2.57. The molecule has 2 rings (SSSR count). The second-order valence-corrected chi connectivity index (χ2v) is 3.07. The minimum Gasteiger partial charge on any atom is -0.207 e. The first kappa shape index (κ1) is 7.65. The van der Waals surface area contributed by atoms with Crippen molar-refractivity contribution in [2.45, 2.75) is 18.3 Å². The van der Waals surface area contributed by atoms with E-state index in [9.17, 15) is 13.2 Å². The molecular weight excluding hydrogens is 165 g/mol. The number of alkyl halides is 2. The summed E-state index contributed by atoms with van der Waals surface area (Å²) in [4.78, 5) is 0. The Morgan fingerprint density at radius 3 is 2.08 bits per heavy atom. The maximum Gasteiger partial charge on any atom is 0.255 e. The van der Waals surface area contributed by atoms with Crippen molar-refractivity contribution < 1.29 is 13.2 Å². The standard InChI is InChI=1S/C9H7F3/c10-7-3-1-6(2-4-7)8-5-9(8,11)12/h1-4,8H,5H2. The zero-order chi connectivity index (χ0) is 8.77. The van der Waals surface area contributed by atoms with Gasteiger partial charge in [-0.1, -0.05) is 12.1 Å². The van der Waals surface area contributed by atoms with Crippen molar-refractivity contribution in [1.82, 2.24) is 0 Å². The van der Waals surface area contributed by atoms with Gasteiger partial charge in [0.25, 0.3) is 5.92 Å². The lowest BCUT2D eigenvalue weighted by molar-refractivity contribution is 0.112. The van der Waals surface area contributed by atoms with Gasteiger partial charge in [0, 0.05) is 6.42 Å². The summed E-state index contributed by atoms with van der Waals surface area (Å²) in [5, 5.41) is 0. The molecule has 1 aliphatic rings. The average molecular weight is 172 g/mol. The van der Waals surface area contributed by atoms with Crippen LogP contribution in [0, 0.1) is 5.82 Å². The van der Waals surface area contributed by atoms with Crippen LogP contribution in [0.4, 0.5) is 13.2 Å². The molecule has 0 saturated heterocycles. The number of hydrogen-bond acceptors (Lipinski definition) is 0. The van der Waals surface area contributed by atoms with E-state index in [0.29, 0.717) is 5.56 Å². The van der Waals surface area contributed by atoms with E-state index < -0.39 is 11.8 Å². The monoisotopic (exact) mass is 172 g/mol. The summed E-state index contributed by atoms with van der Waals surface area (Å²) < 4.78 is 37.4. The van der Waals surface area contributed by atoms with Gasteiger partial charge in [0.2, 0.25) is 0 Å². The molecule has 1 atom stereocenters. The van der Waals surface area contributed by atoms with E-state index in [4.69, 9.17) is 0 Å². The number of hydrogen-bond donors (Lipinski definition) is 0. The van der Waals surface area contributed by atoms with Crippen LogP contribution < -0.4 is 0 Å². The van der Waals surface area contributed by atoms with Gasteiger partial charge in [0.1, 0.15) is 5.82 Å². The van der Waals surface area contributed by atoms with Crippen LogP contribution in [0.15, 0.2) is 24.3 Å². The molecule has 1 saturated carbocycles. The van der Waals surface area contributed by atoms with Gasteiger partial charge in [-0.15, -0.1) is 0 Å². The average Bonchev–Trinajstić information content (AvgIpc) is 2.61. The van der Waals surface area contributed by atoms with E-state index >= 15 is 0 Å². The van der Waals surface area contributed by atoms with Crippen LogP contribution in [0.25, 0.3) is 0 Å². The van der Waals surface area contributed by atoms with Crippen LogP contribution in [0.2, 0.25) is 0 Å². The molecule has 0 bridgehead atoms. The lowest BCUT2D eigenvalue weighted by Crippen LogP contribution is -1.92. The molecule has 0 amide bonds. The lowest BCUT2D eigenvalue weighted by Gasteiger charge is -1.97. The highest BCUT2D eigenvalue weighted by molar-refractivity contribution is 5.29. The van der Waals surface area contributed by atoms with Crippen LogP contribution in [-0.4, -0.2) is 5.92 Å². The van der Waals surface area contributed by atoms with Gasteiger partial charge >= 0.3 is 0 Å². The molecule has 0 spiro atoms. The predicted molar refractivity (Wildman–Crippen MR) is 38.7 cm³/mol. The highest BCUT2D eigenvalue weighted by Crippen LogP contribution is 2.55. The Morgan fingerprint density at radius 1 is 1.17 bits per heavy atom. The summed E-state index contributed by atoms with van der Waals surface area (Å²) in [6.07, 6.45) is -0.0986. The second-order valence-electron chi connectivity index (χ2n) is 3.07. The Morgan fingerprint density at radius 2 is 1.67 bits per heavy atom. The zero-order valence-corrected chi connectivity index (χ0v) is 6.23. The first-order valence-corrected chi connectivity index (χ1v) is 3.73. The van der Waals surface area contributed by atoms with Crippen molar-refractivity contribution in [2.75, 3.05) is 0 Å². The SMILES string of the molecule is Fc1ccc(C2CC2(F)F)cc1. The molecule has 0 aliphatic heterocycles. The first-order chi connectivity index (χ1) is 5.59. The van der Waals surface area contributed by atoms with Gasteiger partial charge in [-0.05, 0) is 17.7 Å². The van der Waals surface area contributed by atoms with Crippen LogP contribution in [0.5, 0.6) is 0 Å². The second kappa shape index (κ2) is 2.25. The minimum atomic E-state index is -2.56. The normalized spacial score (nSPS) is 25.4.